The number of amidine groups is 1. The van der Waals surface area contributed by atoms with Crippen molar-refractivity contribution in [1.29, 1.82) is 5.41 Å². The number of nitrogens with one attached hydrogen (secondary N) is 1. The molecule has 0 bridgehead atoms. The fourth-order valence-corrected chi connectivity index (χ4v) is 5.02. The van der Waals surface area contributed by atoms with Crippen molar-refractivity contribution < 1.29 is 18.0 Å². The van der Waals surface area contributed by atoms with E-state index in [1.807, 2.05) is 12.1 Å². The second-order valence-corrected chi connectivity index (χ2v) is 8.70. The van der Waals surface area contributed by atoms with Crippen molar-refractivity contribution in [1.82, 2.24) is 0 Å². The van der Waals surface area contributed by atoms with Crippen LogP contribution in [0.2, 0.25) is 0 Å². The monoisotopic (exact) mass is 442 g/mol. The van der Waals surface area contributed by atoms with Crippen LogP contribution < -0.4 is 10.6 Å². The Morgan fingerprint density at radius 2 is 2.03 bits per heavy atom. The SMILES string of the molecule is CCc1cc2c(c(C(F)(F)F)c1)CN(c1cccc(C3(C(N)=NC=N)CC(C)C3)c1)C2=O. The molecule has 8 heteroatoms. The average Bonchev–Trinajstić information content (AvgIpc) is 3.06. The van der Waals surface area contributed by atoms with Gasteiger partial charge in [-0.25, -0.2) is 4.99 Å². The molecule has 0 spiro atoms. The number of hydrogen-bond acceptors (Lipinski definition) is 2. The fourth-order valence-electron chi connectivity index (χ4n) is 5.02. The molecule has 1 saturated carbocycles. The van der Waals surface area contributed by atoms with Crippen LogP contribution in [0.1, 0.15) is 59.3 Å². The molecule has 1 amide bonds. The molecule has 0 radical (unpaired) electrons. The maximum atomic E-state index is 13.7. The Kier molecular flexibility index (Phi) is 5.35. The molecule has 5 nitrogen and oxygen atoms in total. The number of anilines is 1. The van der Waals surface area contributed by atoms with Gasteiger partial charge < -0.3 is 10.6 Å². The van der Waals surface area contributed by atoms with Crippen molar-refractivity contribution in [3.05, 3.63) is 64.2 Å². The topological polar surface area (TPSA) is 82.5 Å². The van der Waals surface area contributed by atoms with Gasteiger partial charge in [0.25, 0.3) is 5.91 Å². The average molecular weight is 442 g/mol. The van der Waals surface area contributed by atoms with E-state index in [1.165, 1.54) is 4.90 Å². The van der Waals surface area contributed by atoms with Crippen LogP contribution in [0.3, 0.4) is 0 Å². The van der Waals surface area contributed by atoms with Crippen LogP contribution in [0.5, 0.6) is 0 Å². The number of fused-ring (bicyclic) bond motifs is 1. The smallest absolute Gasteiger partial charge is 0.386 e. The third-order valence-corrected chi connectivity index (χ3v) is 6.61. The van der Waals surface area contributed by atoms with E-state index in [0.717, 1.165) is 30.8 Å². The summed E-state index contributed by atoms with van der Waals surface area (Å²) in [5, 5.41) is 7.27. The zero-order chi connectivity index (χ0) is 23.3. The van der Waals surface area contributed by atoms with Gasteiger partial charge in [-0.1, -0.05) is 26.0 Å². The number of nitrogens with zero attached hydrogens (tertiary/aromatic N) is 2. The largest absolute Gasteiger partial charge is 0.416 e. The maximum Gasteiger partial charge on any atom is 0.416 e. The number of carbonyl (C=O) groups excluding carboxylic acids is 1. The Bertz CT molecular complexity index is 1120. The van der Waals surface area contributed by atoms with Gasteiger partial charge >= 0.3 is 6.18 Å². The summed E-state index contributed by atoms with van der Waals surface area (Å²) in [7, 11) is 0. The third-order valence-electron chi connectivity index (χ3n) is 6.61. The summed E-state index contributed by atoms with van der Waals surface area (Å²) in [5.41, 5.74) is 6.92. The molecule has 4 rings (SSSR count). The molecule has 0 saturated heterocycles. The van der Waals surface area contributed by atoms with E-state index in [4.69, 9.17) is 11.1 Å². The predicted octanol–water partition coefficient (Wildman–Crippen LogP) is 5.06. The van der Waals surface area contributed by atoms with Gasteiger partial charge in [0.05, 0.1) is 17.5 Å². The van der Waals surface area contributed by atoms with E-state index in [9.17, 15) is 18.0 Å². The lowest BCUT2D eigenvalue weighted by Gasteiger charge is -2.46. The Balaban J connectivity index is 1.75. The van der Waals surface area contributed by atoms with Gasteiger partial charge in [-0.05, 0) is 66.1 Å². The first kappa shape index (κ1) is 22.0. The van der Waals surface area contributed by atoms with Crippen molar-refractivity contribution in [3.63, 3.8) is 0 Å². The van der Waals surface area contributed by atoms with Crippen molar-refractivity contribution in [2.75, 3.05) is 4.90 Å². The third kappa shape index (κ3) is 3.47. The molecule has 3 N–H and O–H groups in total. The molecule has 1 fully saturated rings. The van der Waals surface area contributed by atoms with E-state index >= 15 is 0 Å². The summed E-state index contributed by atoms with van der Waals surface area (Å²) in [6.45, 7) is 3.73. The maximum absolute atomic E-state index is 13.7. The van der Waals surface area contributed by atoms with Crippen LogP contribution in [0.25, 0.3) is 0 Å². The lowest BCUT2D eigenvalue weighted by Crippen LogP contribution is -2.50. The van der Waals surface area contributed by atoms with Gasteiger partial charge in [-0.2, -0.15) is 13.2 Å². The van der Waals surface area contributed by atoms with E-state index in [-0.39, 0.29) is 17.7 Å². The second kappa shape index (κ2) is 7.76. The molecular formula is C24H25F3N4O. The summed E-state index contributed by atoms with van der Waals surface area (Å²) in [5.74, 6) is 0.332. The first-order chi connectivity index (χ1) is 15.1. The summed E-state index contributed by atoms with van der Waals surface area (Å²) >= 11 is 0. The molecule has 2 aliphatic rings. The number of alkyl halides is 3. The molecule has 32 heavy (non-hydrogen) atoms. The Morgan fingerprint density at radius 3 is 2.62 bits per heavy atom. The second-order valence-electron chi connectivity index (χ2n) is 8.70. The normalized spacial score (nSPS) is 23.2. The summed E-state index contributed by atoms with van der Waals surface area (Å²) in [6, 6.07) is 9.93. The standard InChI is InChI=1S/C24H25F3N4O/c1-3-15-7-18-19(20(8-15)24(25,26)27)12-31(21(18)32)17-6-4-5-16(9-17)23(10-14(2)11-23)22(29)30-13-28/h4-9,13-14H,3,10-12H2,1-2H3,(H3,28,29,30). The van der Waals surface area contributed by atoms with Crippen molar-refractivity contribution in [2.24, 2.45) is 16.6 Å². The molecule has 2 aromatic rings. The molecule has 1 aliphatic carbocycles. The van der Waals surface area contributed by atoms with E-state index in [2.05, 4.69) is 11.9 Å². The molecular weight excluding hydrogens is 417 g/mol. The van der Waals surface area contributed by atoms with E-state index in [1.54, 1.807) is 25.1 Å². The number of amides is 1. The van der Waals surface area contributed by atoms with Crippen molar-refractivity contribution in [3.8, 4) is 0 Å². The first-order valence-corrected chi connectivity index (χ1v) is 10.6. The molecule has 0 aromatic heterocycles. The lowest BCUT2D eigenvalue weighted by molar-refractivity contribution is -0.138. The zero-order valence-electron chi connectivity index (χ0n) is 18.0. The predicted molar refractivity (Wildman–Crippen MR) is 118 cm³/mol. The molecule has 2 aromatic carbocycles. The van der Waals surface area contributed by atoms with Crippen LogP contribution in [0.4, 0.5) is 18.9 Å². The highest BCUT2D eigenvalue weighted by Crippen LogP contribution is 2.49. The van der Waals surface area contributed by atoms with Crippen LogP contribution in [-0.4, -0.2) is 18.1 Å². The van der Waals surface area contributed by atoms with Crippen LogP contribution >= 0.6 is 0 Å². The van der Waals surface area contributed by atoms with Gasteiger partial charge in [0.15, 0.2) is 0 Å². The van der Waals surface area contributed by atoms with E-state index < -0.39 is 23.1 Å². The summed E-state index contributed by atoms with van der Waals surface area (Å²) in [6.07, 6.45) is -1.70. The Morgan fingerprint density at radius 1 is 1.31 bits per heavy atom. The highest BCUT2D eigenvalue weighted by atomic mass is 19.4. The number of aliphatic imine (C=N–C) groups is 1. The lowest BCUT2D eigenvalue weighted by atomic mass is 9.58. The zero-order valence-corrected chi connectivity index (χ0v) is 18.0. The highest BCUT2D eigenvalue weighted by Gasteiger charge is 2.47. The van der Waals surface area contributed by atoms with Crippen molar-refractivity contribution in [2.45, 2.75) is 51.2 Å². The number of aryl methyl sites for hydroxylation is 1. The minimum Gasteiger partial charge on any atom is -0.386 e. The van der Waals surface area contributed by atoms with Gasteiger partial charge in [0, 0.05) is 11.3 Å². The first-order valence-electron chi connectivity index (χ1n) is 10.6. The molecule has 1 heterocycles. The van der Waals surface area contributed by atoms with E-state index in [0.29, 0.717) is 29.4 Å². The van der Waals surface area contributed by atoms with Gasteiger partial charge in [0.1, 0.15) is 12.2 Å². The number of carbonyl (C=O) groups is 1. The van der Waals surface area contributed by atoms with Gasteiger partial charge in [0.2, 0.25) is 0 Å². The van der Waals surface area contributed by atoms with Crippen LogP contribution in [0.15, 0.2) is 41.4 Å². The number of halogens is 3. The van der Waals surface area contributed by atoms with Crippen molar-refractivity contribution >= 4 is 23.8 Å². The Labute approximate surface area is 184 Å². The minimum atomic E-state index is -4.53. The van der Waals surface area contributed by atoms with Crippen LogP contribution in [0, 0.1) is 11.3 Å². The molecule has 0 unspecified atom stereocenters. The highest BCUT2D eigenvalue weighted by molar-refractivity contribution is 6.10. The fraction of sp³-hybridized carbons (Fsp3) is 0.375. The minimum absolute atomic E-state index is 0.0157. The molecule has 168 valence electrons. The molecule has 0 atom stereocenters. The number of hydrogen-bond donors (Lipinski definition) is 2. The van der Waals surface area contributed by atoms with Crippen LogP contribution in [-0.2, 0) is 24.6 Å². The quantitative estimate of drug-likeness (QED) is 0.501. The molecule has 1 aliphatic heterocycles. The number of rotatable bonds is 5. The van der Waals surface area contributed by atoms with Gasteiger partial charge in [-0.15, -0.1) is 0 Å². The van der Waals surface area contributed by atoms with Gasteiger partial charge in [-0.3, -0.25) is 10.2 Å². The number of benzene rings is 2. The Hall–Kier alpha value is -3.16. The summed E-state index contributed by atoms with van der Waals surface area (Å²) in [4.78, 5) is 18.5. The number of nitrogens with two attached hydrogens (primary N) is 1. The summed E-state index contributed by atoms with van der Waals surface area (Å²) < 4.78 is 41.1.